The molecule has 58 heavy (non-hydrogen) atoms. The van der Waals surface area contributed by atoms with Crippen molar-refractivity contribution >= 4 is 65.4 Å². The average molecular weight is 742 g/mol. The lowest BCUT2D eigenvalue weighted by Gasteiger charge is -2.12. The van der Waals surface area contributed by atoms with Gasteiger partial charge < -0.3 is 8.83 Å². The monoisotopic (exact) mass is 741 g/mol. The van der Waals surface area contributed by atoms with E-state index in [4.69, 9.17) is 23.8 Å². The van der Waals surface area contributed by atoms with E-state index in [9.17, 15) is 0 Å². The normalized spacial score (nSPS) is 11.8. The van der Waals surface area contributed by atoms with E-state index in [2.05, 4.69) is 152 Å². The summed E-state index contributed by atoms with van der Waals surface area (Å²) in [5.41, 5.74) is 10.3. The minimum Gasteiger partial charge on any atom is -0.456 e. The first kappa shape index (κ1) is 32.4. The Bertz CT molecular complexity index is 3560. The molecule has 0 saturated carbocycles. The second kappa shape index (κ2) is 12.8. The summed E-state index contributed by atoms with van der Waals surface area (Å²) in [6, 6.07) is 65.2. The molecule has 12 aromatic rings. The summed E-state index contributed by atoms with van der Waals surface area (Å²) in [6.45, 7) is 0. The smallest absolute Gasteiger partial charge is 0.164 e. The number of nitrogens with zero attached hydrogens (tertiary/aromatic N) is 3. The zero-order chi connectivity index (χ0) is 38.2. The zero-order valence-corrected chi connectivity index (χ0v) is 31.1. The maximum Gasteiger partial charge on any atom is 0.164 e. The highest BCUT2D eigenvalue weighted by molar-refractivity contribution is 6.17. The summed E-state index contributed by atoms with van der Waals surface area (Å²) in [6.07, 6.45) is 0. The third kappa shape index (κ3) is 5.29. The Morgan fingerprint density at radius 3 is 1.72 bits per heavy atom. The Morgan fingerprint density at radius 2 is 0.879 bits per heavy atom. The summed E-state index contributed by atoms with van der Waals surface area (Å²) in [5, 5.41) is 8.62. The van der Waals surface area contributed by atoms with Gasteiger partial charge in [0, 0.05) is 38.2 Å². The number of aromatic nitrogens is 3. The van der Waals surface area contributed by atoms with Crippen molar-refractivity contribution in [1.82, 2.24) is 15.0 Å². The molecule has 0 aliphatic carbocycles. The first-order valence-electron chi connectivity index (χ1n) is 19.4. The van der Waals surface area contributed by atoms with Gasteiger partial charge in [0.25, 0.3) is 0 Å². The van der Waals surface area contributed by atoms with Gasteiger partial charge in [-0.15, -0.1) is 0 Å². The van der Waals surface area contributed by atoms with E-state index in [1.54, 1.807) is 0 Å². The van der Waals surface area contributed by atoms with Crippen LogP contribution in [-0.4, -0.2) is 15.0 Å². The lowest BCUT2D eigenvalue weighted by molar-refractivity contribution is 0.669. The number of benzene rings is 9. The minimum atomic E-state index is 0.562. The van der Waals surface area contributed by atoms with Gasteiger partial charge in [-0.25, -0.2) is 15.0 Å². The van der Waals surface area contributed by atoms with Crippen molar-refractivity contribution in [2.24, 2.45) is 0 Å². The maximum absolute atomic E-state index is 6.78. The summed E-state index contributed by atoms with van der Waals surface area (Å²) in [5.74, 6) is 1.72. The SMILES string of the molecule is c1ccc(-c2ccc(-c3nc(-c4ccc5oc6ccccc6c5c4)nc(-c4cc(-c5cccc6ccccc56)cc5oc6cc7ccccc7cc6c45)n3)cc2)cc1. The molecule has 0 amide bonds. The van der Waals surface area contributed by atoms with Crippen molar-refractivity contribution in [3.05, 3.63) is 188 Å². The highest BCUT2D eigenvalue weighted by Crippen LogP contribution is 2.43. The molecular weight excluding hydrogens is 711 g/mol. The molecule has 0 aliphatic rings. The molecule has 0 radical (unpaired) electrons. The van der Waals surface area contributed by atoms with Gasteiger partial charge >= 0.3 is 0 Å². The molecular formula is C53H31N3O2. The predicted octanol–water partition coefficient (Wildman–Crippen LogP) is 14.3. The van der Waals surface area contributed by atoms with E-state index in [0.29, 0.717) is 17.5 Å². The quantitative estimate of drug-likeness (QED) is 0.176. The standard InChI is InChI=1S/C53H31N3O2/c1-2-11-32(12-3-1)33-21-23-35(24-22-33)51-54-52(38-25-26-47-43(28-38)42-18-8-9-20-46(42)57-47)56-53(55-51)45-29-39(41-19-10-16-34-13-6-7-17-40(34)41)31-49-50(45)44-27-36-14-4-5-15-37(36)30-48(44)58-49/h1-31H. The third-order valence-electron chi connectivity index (χ3n) is 11.3. The number of rotatable bonds is 5. The van der Waals surface area contributed by atoms with E-state index >= 15 is 0 Å². The highest BCUT2D eigenvalue weighted by Gasteiger charge is 2.21. The fourth-order valence-electron chi connectivity index (χ4n) is 8.46. The Labute approximate surface area is 332 Å². The Kier molecular flexibility index (Phi) is 7.16. The Hall–Kier alpha value is -7.89. The van der Waals surface area contributed by atoms with Gasteiger partial charge in [0.2, 0.25) is 0 Å². The summed E-state index contributed by atoms with van der Waals surface area (Å²) < 4.78 is 13.0. The van der Waals surface area contributed by atoms with E-state index in [1.165, 1.54) is 5.39 Å². The van der Waals surface area contributed by atoms with Gasteiger partial charge in [-0.1, -0.05) is 140 Å². The van der Waals surface area contributed by atoms with Gasteiger partial charge in [-0.2, -0.15) is 0 Å². The second-order valence-corrected chi connectivity index (χ2v) is 14.8. The summed E-state index contributed by atoms with van der Waals surface area (Å²) >= 11 is 0. The van der Waals surface area contributed by atoms with Crippen molar-refractivity contribution in [3.8, 4) is 56.4 Å². The lowest BCUT2D eigenvalue weighted by Crippen LogP contribution is -2.01. The number of hydrogen-bond donors (Lipinski definition) is 0. The molecule has 0 spiro atoms. The van der Waals surface area contributed by atoms with Gasteiger partial charge in [0.05, 0.1) is 0 Å². The molecule has 3 aromatic heterocycles. The highest BCUT2D eigenvalue weighted by atomic mass is 16.3. The van der Waals surface area contributed by atoms with Crippen LogP contribution in [0, 0.1) is 0 Å². The summed E-state index contributed by atoms with van der Waals surface area (Å²) in [7, 11) is 0. The zero-order valence-electron chi connectivity index (χ0n) is 31.1. The first-order valence-corrected chi connectivity index (χ1v) is 19.4. The molecule has 0 saturated heterocycles. The topological polar surface area (TPSA) is 65.0 Å². The van der Waals surface area contributed by atoms with Gasteiger partial charge in [0.15, 0.2) is 17.5 Å². The van der Waals surface area contributed by atoms with E-state index in [0.717, 1.165) is 99.0 Å². The van der Waals surface area contributed by atoms with Crippen LogP contribution in [0.25, 0.3) is 122 Å². The second-order valence-electron chi connectivity index (χ2n) is 14.8. The molecule has 0 fully saturated rings. The Morgan fingerprint density at radius 1 is 0.276 bits per heavy atom. The van der Waals surface area contributed by atoms with Gasteiger partial charge in [-0.05, 0) is 92.3 Å². The van der Waals surface area contributed by atoms with Crippen LogP contribution in [0.1, 0.15) is 0 Å². The van der Waals surface area contributed by atoms with Crippen LogP contribution in [0.3, 0.4) is 0 Å². The first-order chi connectivity index (χ1) is 28.7. The van der Waals surface area contributed by atoms with Crippen LogP contribution in [0.5, 0.6) is 0 Å². The molecule has 0 N–H and O–H groups in total. The molecule has 9 aromatic carbocycles. The molecule has 5 nitrogen and oxygen atoms in total. The number of hydrogen-bond acceptors (Lipinski definition) is 5. The molecule has 5 heteroatoms. The average Bonchev–Trinajstić information content (AvgIpc) is 3.85. The van der Waals surface area contributed by atoms with E-state index < -0.39 is 0 Å². The number of para-hydroxylation sites is 1. The van der Waals surface area contributed by atoms with Crippen LogP contribution in [0.4, 0.5) is 0 Å². The molecule has 270 valence electrons. The predicted molar refractivity (Wildman–Crippen MR) is 237 cm³/mol. The van der Waals surface area contributed by atoms with E-state index in [-0.39, 0.29) is 0 Å². The summed E-state index contributed by atoms with van der Waals surface area (Å²) in [4.78, 5) is 15.8. The van der Waals surface area contributed by atoms with Crippen molar-refractivity contribution in [2.75, 3.05) is 0 Å². The molecule has 0 aliphatic heterocycles. The fourth-order valence-corrected chi connectivity index (χ4v) is 8.46. The van der Waals surface area contributed by atoms with Crippen LogP contribution >= 0.6 is 0 Å². The third-order valence-corrected chi connectivity index (χ3v) is 11.3. The number of furan rings is 2. The van der Waals surface area contributed by atoms with Crippen molar-refractivity contribution in [2.45, 2.75) is 0 Å². The van der Waals surface area contributed by atoms with Crippen molar-refractivity contribution in [1.29, 1.82) is 0 Å². The van der Waals surface area contributed by atoms with Crippen LogP contribution in [-0.2, 0) is 0 Å². The van der Waals surface area contributed by atoms with Crippen LogP contribution < -0.4 is 0 Å². The molecule has 0 unspecified atom stereocenters. The molecule has 0 bridgehead atoms. The van der Waals surface area contributed by atoms with Gasteiger partial charge in [0.1, 0.15) is 22.3 Å². The molecule has 3 heterocycles. The van der Waals surface area contributed by atoms with Crippen LogP contribution in [0.15, 0.2) is 197 Å². The van der Waals surface area contributed by atoms with Crippen LogP contribution in [0.2, 0.25) is 0 Å². The fraction of sp³-hybridized carbons (Fsp3) is 0. The molecule has 0 atom stereocenters. The lowest BCUT2D eigenvalue weighted by atomic mass is 9.94. The Balaban J connectivity index is 1.14. The van der Waals surface area contributed by atoms with Crippen molar-refractivity contribution < 1.29 is 8.83 Å². The minimum absolute atomic E-state index is 0.562. The van der Waals surface area contributed by atoms with E-state index in [1.807, 2.05) is 36.4 Å². The largest absolute Gasteiger partial charge is 0.456 e. The number of fused-ring (bicyclic) bond motifs is 8. The maximum atomic E-state index is 6.78. The molecule has 12 rings (SSSR count). The van der Waals surface area contributed by atoms with Crippen molar-refractivity contribution in [3.63, 3.8) is 0 Å². The van der Waals surface area contributed by atoms with Gasteiger partial charge in [-0.3, -0.25) is 0 Å².